The number of hydrogen-bond acceptors (Lipinski definition) is 4. The summed E-state index contributed by atoms with van der Waals surface area (Å²) in [5, 5.41) is 5.06. The van der Waals surface area contributed by atoms with Gasteiger partial charge in [-0.1, -0.05) is 36.4 Å². The maximum Gasteiger partial charge on any atom is 0.321 e. The van der Waals surface area contributed by atoms with Crippen LogP contribution in [0, 0.1) is 0 Å². The van der Waals surface area contributed by atoms with Gasteiger partial charge in [-0.05, 0) is 17.9 Å². The molecule has 1 aliphatic rings. The highest BCUT2D eigenvalue weighted by Crippen LogP contribution is 2.23. The summed E-state index contributed by atoms with van der Waals surface area (Å²) in [5.41, 5.74) is 0.745. The van der Waals surface area contributed by atoms with Crippen LogP contribution in [0.2, 0.25) is 0 Å². The van der Waals surface area contributed by atoms with E-state index in [0.29, 0.717) is 26.1 Å². The molecule has 0 unspecified atom stereocenters. The zero-order valence-corrected chi connectivity index (χ0v) is 16.0. The van der Waals surface area contributed by atoms with Gasteiger partial charge in [-0.2, -0.15) is 4.31 Å². The smallest absolute Gasteiger partial charge is 0.321 e. The van der Waals surface area contributed by atoms with Crippen molar-refractivity contribution in [3.8, 4) is 0 Å². The predicted molar refractivity (Wildman–Crippen MR) is 107 cm³/mol. The molecule has 0 saturated carbocycles. The molecule has 0 atom stereocenters. The molecule has 2 N–H and O–H groups in total. The van der Waals surface area contributed by atoms with Gasteiger partial charge in [0.1, 0.15) is 0 Å². The summed E-state index contributed by atoms with van der Waals surface area (Å²) in [6.45, 7) is 1.42. The molecule has 0 spiro atoms. The number of fused-ring (bicyclic) bond motifs is 1. The van der Waals surface area contributed by atoms with Crippen molar-refractivity contribution in [1.82, 2.24) is 19.2 Å². The first-order valence-corrected chi connectivity index (χ1v) is 10.5. The summed E-state index contributed by atoms with van der Waals surface area (Å²) in [6.07, 6.45) is 3.20. The Kier molecular flexibility index (Phi) is 5.01. The molecule has 1 fully saturated rings. The molecule has 2 amide bonds. The molecular weight excluding hydrogens is 378 g/mol. The Hall–Kier alpha value is -2.91. The number of rotatable bonds is 3. The van der Waals surface area contributed by atoms with E-state index in [1.807, 2.05) is 42.5 Å². The third-order valence-corrected chi connectivity index (χ3v) is 6.69. The Morgan fingerprint density at radius 3 is 2.68 bits per heavy atom. The van der Waals surface area contributed by atoms with Gasteiger partial charge in [0.05, 0.1) is 18.2 Å². The van der Waals surface area contributed by atoms with Crippen molar-refractivity contribution in [3.63, 3.8) is 0 Å². The van der Waals surface area contributed by atoms with Crippen molar-refractivity contribution in [1.29, 1.82) is 0 Å². The van der Waals surface area contributed by atoms with Gasteiger partial charge in [-0.25, -0.2) is 18.2 Å². The fraction of sp³-hybridized carbons (Fsp3) is 0.263. The van der Waals surface area contributed by atoms with Crippen molar-refractivity contribution in [3.05, 3.63) is 55.0 Å². The first-order chi connectivity index (χ1) is 13.6. The van der Waals surface area contributed by atoms with Crippen LogP contribution in [-0.4, -0.2) is 59.8 Å². The molecule has 0 bridgehead atoms. The maximum atomic E-state index is 12.8. The molecular formula is C19H21N5O3S. The van der Waals surface area contributed by atoms with Gasteiger partial charge in [-0.15, -0.1) is 0 Å². The molecule has 2 heterocycles. The number of aromatic amines is 1. The number of amides is 2. The normalized spacial score (nSPS) is 16.1. The van der Waals surface area contributed by atoms with Gasteiger partial charge in [0, 0.05) is 31.6 Å². The quantitative estimate of drug-likeness (QED) is 0.707. The standard InChI is InChI=1S/C19H21N5O3S/c25-19(22-17-8-3-6-15-5-1-2-7-16(15)17)23-9-4-10-24(12-11-23)28(26,27)18-13-20-14-21-18/h1-3,5-8,13-14H,4,9-12H2,(H,20,21)(H,22,25). The van der Waals surface area contributed by atoms with Crippen LogP contribution in [0.1, 0.15) is 6.42 Å². The molecule has 3 aromatic rings. The van der Waals surface area contributed by atoms with E-state index < -0.39 is 10.0 Å². The second-order valence-electron chi connectivity index (χ2n) is 6.62. The minimum atomic E-state index is -3.62. The van der Waals surface area contributed by atoms with Crippen LogP contribution >= 0.6 is 0 Å². The van der Waals surface area contributed by atoms with Gasteiger partial charge >= 0.3 is 6.03 Å². The lowest BCUT2D eigenvalue weighted by Crippen LogP contribution is -2.39. The van der Waals surface area contributed by atoms with Gasteiger partial charge in [0.2, 0.25) is 0 Å². The number of nitrogens with zero attached hydrogens (tertiary/aromatic N) is 3. The van der Waals surface area contributed by atoms with E-state index in [2.05, 4.69) is 15.3 Å². The van der Waals surface area contributed by atoms with E-state index in [9.17, 15) is 13.2 Å². The zero-order valence-electron chi connectivity index (χ0n) is 15.2. The Morgan fingerprint density at radius 1 is 1.04 bits per heavy atom. The van der Waals surface area contributed by atoms with Crippen LogP contribution in [-0.2, 0) is 10.0 Å². The highest BCUT2D eigenvalue weighted by molar-refractivity contribution is 7.89. The number of urea groups is 1. The van der Waals surface area contributed by atoms with Crippen molar-refractivity contribution < 1.29 is 13.2 Å². The third-order valence-electron chi connectivity index (χ3n) is 4.86. The number of carbonyl (C=O) groups is 1. The Morgan fingerprint density at radius 2 is 1.86 bits per heavy atom. The average Bonchev–Trinajstić information content (AvgIpc) is 3.13. The van der Waals surface area contributed by atoms with Crippen molar-refractivity contribution in [2.75, 3.05) is 31.5 Å². The number of hydrogen-bond donors (Lipinski definition) is 2. The Bertz CT molecular complexity index is 1080. The average molecular weight is 399 g/mol. The summed E-state index contributed by atoms with van der Waals surface area (Å²) < 4.78 is 26.7. The summed E-state index contributed by atoms with van der Waals surface area (Å²) in [5.74, 6) is 0. The topological polar surface area (TPSA) is 98.4 Å². The fourth-order valence-corrected chi connectivity index (χ4v) is 4.75. The molecule has 2 aromatic carbocycles. The first kappa shape index (κ1) is 18.5. The first-order valence-electron chi connectivity index (χ1n) is 9.08. The van der Waals surface area contributed by atoms with Crippen LogP contribution in [0.15, 0.2) is 60.0 Å². The molecule has 146 valence electrons. The van der Waals surface area contributed by atoms with Gasteiger partial charge < -0.3 is 15.2 Å². The molecule has 0 radical (unpaired) electrons. The number of aromatic nitrogens is 2. The second-order valence-corrected chi connectivity index (χ2v) is 8.52. The third kappa shape index (κ3) is 3.58. The van der Waals surface area contributed by atoms with E-state index in [1.165, 1.54) is 16.8 Å². The summed E-state index contributed by atoms with van der Waals surface area (Å²) in [4.78, 5) is 20.9. The van der Waals surface area contributed by atoms with Gasteiger partial charge in [0.25, 0.3) is 10.0 Å². The monoisotopic (exact) mass is 399 g/mol. The maximum absolute atomic E-state index is 12.8. The minimum Gasteiger partial charge on any atom is -0.335 e. The molecule has 8 nitrogen and oxygen atoms in total. The summed E-state index contributed by atoms with van der Waals surface area (Å²) in [6, 6.07) is 13.4. The lowest BCUT2D eigenvalue weighted by Gasteiger charge is -2.22. The Labute approximate surface area is 163 Å². The largest absolute Gasteiger partial charge is 0.335 e. The number of H-pyrrole nitrogens is 1. The zero-order chi connectivity index (χ0) is 19.6. The van der Waals surface area contributed by atoms with Gasteiger partial charge in [0.15, 0.2) is 5.03 Å². The predicted octanol–water partition coefficient (Wildman–Crippen LogP) is 2.49. The van der Waals surface area contributed by atoms with Crippen LogP contribution in [0.25, 0.3) is 10.8 Å². The lowest BCUT2D eigenvalue weighted by atomic mass is 10.1. The van der Waals surface area contributed by atoms with Crippen LogP contribution in [0.5, 0.6) is 0 Å². The number of anilines is 1. The van der Waals surface area contributed by atoms with Crippen molar-refractivity contribution in [2.45, 2.75) is 11.4 Å². The van der Waals surface area contributed by atoms with E-state index in [-0.39, 0.29) is 17.6 Å². The van der Waals surface area contributed by atoms with E-state index >= 15 is 0 Å². The lowest BCUT2D eigenvalue weighted by molar-refractivity contribution is 0.214. The number of sulfonamides is 1. The SMILES string of the molecule is O=C(Nc1cccc2ccccc12)N1CCCN(S(=O)(=O)c2cnc[nH]2)CC1. The second kappa shape index (κ2) is 7.61. The Balaban J connectivity index is 1.46. The molecule has 28 heavy (non-hydrogen) atoms. The van der Waals surface area contributed by atoms with Crippen molar-refractivity contribution in [2.24, 2.45) is 0 Å². The number of benzene rings is 2. The van der Waals surface area contributed by atoms with Crippen molar-refractivity contribution >= 4 is 32.5 Å². The molecule has 4 rings (SSSR count). The van der Waals surface area contributed by atoms with E-state index in [0.717, 1.165) is 16.5 Å². The van der Waals surface area contributed by atoms with E-state index in [4.69, 9.17) is 0 Å². The number of imidazole rings is 1. The van der Waals surface area contributed by atoms with Crippen LogP contribution in [0.3, 0.4) is 0 Å². The molecule has 0 aliphatic carbocycles. The summed E-state index contributed by atoms with van der Waals surface area (Å²) >= 11 is 0. The van der Waals surface area contributed by atoms with Crippen LogP contribution < -0.4 is 5.32 Å². The van der Waals surface area contributed by atoms with Crippen LogP contribution in [0.4, 0.5) is 10.5 Å². The highest BCUT2D eigenvalue weighted by atomic mass is 32.2. The van der Waals surface area contributed by atoms with Gasteiger partial charge in [-0.3, -0.25) is 0 Å². The van der Waals surface area contributed by atoms with E-state index in [1.54, 1.807) is 4.90 Å². The number of nitrogens with one attached hydrogen (secondary N) is 2. The highest BCUT2D eigenvalue weighted by Gasteiger charge is 2.29. The molecule has 1 aliphatic heterocycles. The molecule has 1 aromatic heterocycles. The molecule has 1 saturated heterocycles. The minimum absolute atomic E-state index is 0.0705. The summed E-state index contributed by atoms with van der Waals surface area (Å²) in [7, 11) is -3.62. The fourth-order valence-electron chi connectivity index (χ4n) is 3.39. The number of carbonyl (C=O) groups excluding carboxylic acids is 1. The molecule has 9 heteroatoms.